The Morgan fingerprint density at radius 2 is 2.00 bits per heavy atom. The van der Waals surface area contributed by atoms with Crippen molar-refractivity contribution in [3.05, 3.63) is 62.1 Å². The quantitative estimate of drug-likeness (QED) is 0.273. The Hall–Kier alpha value is -2.74. The van der Waals surface area contributed by atoms with Crippen LogP contribution in [0.3, 0.4) is 0 Å². The molecule has 2 aromatic heterocycles. The molecule has 1 fully saturated rings. The van der Waals surface area contributed by atoms with E-state index in [4.69, 9.17) is 33.3 Å². The molecule has 10 heteroatoms. The van der Waals surface area contributed by atoms with Gasteiger partial charge in [0, 0.05) is 42.8 Å². The van der Waals surface area contributed by atoms with Crippen LogP contribution in [0.2, 0.25) is 5.02 Å². The lowest BCUT2D eigenvalue weighted by Crippen LogP contribution is -2.40. The van der Waals surface area contributed by atoms with Gasteiger partial charge >= 0.3 is 5.97 Å². The molecular formula is C26H26ClN3O4S2. The fourth-order valence-electron chi connectivity index (χ4n) is 3.74. The van der Waals surface area contributed by atoms with Crippen molar-refractivity contribution >= 4 is 57.2 Å². The summed E-state index contributed by atoms with van der Waals surface area (Å²) in [7, 11) is 0. The third-order valence-corrected chi connectivity index (χ3v) is 7.45. The number of benzene rings is 1. The molecule has 1 aromatic carbocycles. The van der Waals surface area contributed by atoms with Crippen molar-refractivity contribution in [1.82, 2.24) is 14.8 Å². The minimum absolute atomic E-state index is 0.0181. The summed E-state index contributed by atoms with van der Waals surface area (Å²) in [6.07, 6.45) is 1.79. The van der Waals surface area contributed by atoms with Gasteiger partial charge in [0.15, 0.2) is 6.61 Å². The van der Waals surface area contributed by atoms with Gasteiger partial charge in [0.05, 0.1) is 34.7 Å². The molecule has 0 radical (unpaired) electrons. The highest BCUT2D eigenvalue weighted by Crippen LogP contribution is 2.28. The molecule has 1 aliphatic rings. The number of pyridine rings is 1. The van der Waals surface area contributed by atoms with Gasteiger partial charge in [0.1, 0.15) is 4.83 Å². The number of nitrogens with one attached hydrogen (secondary N) is 1. The van der Waals surface area contributed by atoms with Crippen LogP contribution in [0.1, 0.15) is 27.7 Å². The predicted molar refractivity (Wildman–Crippen MR) is 144 cm³/mol. The van der Waals surface area contributed by atoms with Gasteiger partial charge in [-0.05, 0) is 30.7 Å². The maximum atomic E-state index is 12.9. The molecule has 1 N–H and O–H groups in total. The van der Waals surface area contributed by atoms with Gasteiger partial charge in [-0.1, -0.05) is 47.8 Å². The van der Waals surface area contributed by atoms with E-state index in [9.17, 15) is 9.59 Å². The molecular weight excluding hydrogens is 518 g/mol. The Labute approximate surface area is 223 Å². The molecule has 1 saturated heterocycles. The summed E-state index contributed by atoms with van der Waals surface area (Å²) >= 11 is 13.1. The lowest BCUT2D eigenvalue weighted by Gasteiger charge is -2.25. The summed E-state index contributed by atoms with van der Waals surface area (Å²) in [6, 6.07) is 9.22. The molecule has 0 atom stereocenters. The highest BCUT2D eigenvalue weighted by molar-refractivity contribution is 7.71. The number of carbonyl (C=O) groups excluding carboxylic acids is 2. The normalized spacial score (nSPS) is 13.7. The van der Waals surface area contributed by atoms with E-state index >= 15 is 0 Å². The van der Waals surface area contributed by atoms with E-state index in [0.29, 0.717) is 41.4 Å². The number of carbonyl (C=O) groups is 2. The molecule has 3 heterocycles. The van der Waals surface area contributed by atoms with Crippen LogP contribution in [0.4, 0.5) is 0 Å². The zero-order valence-electron chi connectivity index (χ0n) is 19.8. The summed E-state index contributed by atoms with van der Waals surface area (Å²) in [4.78, 5) is 28.7. The molecule has 4 rings (SSSR count). The topological polar surface area (TPSA) is 72.8 Å². The zero-order chi connectivity index (χ0) is 25.5. The molecule has 0 bridgehead atoms. The summed E-state index contributed by atoms with van der Waals surface area (Å²) < 4.78 is 13.0. The molecule has 0 spiro atoms. The second-order valence-electron chi connectivity index (χ2n) is 8.15. The Kier molecular flexibility index (Phi) is 9.13. The van der Waals surface area contributed by atoms with Gasteiger partial charge in [-0.25, -0.2) is 0 Å². The van der Waals surface area contributed by atoms with Crippen LogP contribution in [0.15, 0.2) is 36.5 Å². The Bertz CT molecular complexity index is 1370. The second-order valence-corrected chi connectivity index (χ2v) is 10.0. The van der Waals surface area contributed by atoms with Crippen molar-refractivity contribution in [2.45, 2.75) is 20.0 Å². The van der Waals surface area contributed by atoms with E-state index in [1.54, 1.807) is 18.3 Å². The van der Waals surface area contributed by atoms with Gasteiger partial charge < -0.3 is 19.4 Å². The monoisotopic (exact) mass is 543 g/mol. The van der Waals surface area contributed by atoms with Crippen LogP contribution in [0, 0.1) is 16.4 Å². The summed E-state index contributed by atoms with van der Waals surface area (Å²) in [5.74, 6) is 5.44. The molecule has 0 saturated carbocycles. The van der Waals surface area contributed by atoms with Crippen LogP contribution in [0.25, 0.3) is 10.2 Å². The molecule has 0 aliphatic carbocycles. The average Bonchev–Trinajstić information content (AvgIpc) is 3.32. The van der Waals surface area contributed by atoms with Gasteiger partial charge in [-0.2, -0.15) is 0 Å². The number of hydrogen-bond acceptors (Lipinski definition) is 7. The lowest BCUT2D eigenvalue weighted by atomic mass is 10.2. The van der Waals surface area contributed by atoms with Crippen molar-refractivity contribution < 1.29 is 19.1 Å². The first kappa shape index (κ1) is 26.3. The number of nitrogens with zero attached hydrogens (tertiary/aromatic N) is 2. The Balaban J connectivity index is 1.43. The van der Waals surface area contributed by atoms with Crippen LogP contribution < -0.4 is 5.32 Å². The standard InChI is InChI=1S/C26H26ClN3O4S2/c1-2-30-16-22(25(32)28-15-18-5-7-19(27)8-6-18)24(35)21-14-20(36-26(21)30)4-3-11-34-23(31)17-29-9-12-33-13-10-29/h5-8,14,16H,2,9-13,15,17H2,1H3,(H,28,32). The van der Waals surface area contributed by atoms with E-state index in [0.717, 1.165) is 33.7 Å². The van der Waals surface area contributed by atoms with Crippen molar-refractivity contribution in [3.63, 3.8) is 0 Å². The number of esters is 1. The van der Waals surface area contributed by atoms with Crippen molar-refractivity contribution in [2.24, 2.45) is 0 Å². The van der Waals surface area contributed by atoms with Crippen molar-refractivity contribution in [3.8, 4) is 11.8 Å². The number of thiophene rings is 1. The van der Waals surface area contributed by atoms with Crippen molar-refractivity contribution in [1.29, 1.82) is 0 Å². The highest BCUT2D eigenvalue weighted by Gasteiger charge is 2.16. The number of morpholine rings is 1. The van der Waals surface area contributed by atoms with E-state index in [1.165, 1.54) is 11.3 Å². The predicted octanol–water partition coefficient (Wildman–Crippen LogP) is 4.26. The maximum absolute atomic E-state index is 12.9. The first-order valence-electron chi connectivity index (χ1n) is 11.6. The number of amides is 1. The number of rotatable bonds is 7. The minimum atomic E-state index is -0.298. The zero-order valence-corrected chi connectivity index (χ0v) is 22.2. The van der Waals surface area contributed by atoms with Crippen LogP contribution >= 0.6 is 35.2 Å². The van der Waals surface area contributed by atoms with E-state index in [-0.39, 0.29) is 25.0 Å². The third-order valence-electron chi connectivity index (χ3n) is 5.67. The molecule has 3 aromatic rings. The smallest absolute Gasteiger partial charge is 0.321 e. The summed E-state index contributed by atoms with van der Waals surface area (Å²) in [5.41, 5.74) is 1.39. The fourth-order valence-corrected chi connectivity index (χ4v) is 5.31. The number of ether oxygens (including phenoxy) is 2. The van der Waals surface area contributed by atoms with Crippen LogP contribution in [0.5, 0.6) is 0 Å². The number of hydrogen-bond donors (Lipinski definition) is 1. The largest absolute Gasteiger partial charge is 0.452 e. The van der Waals surface area contributed by atoms with Gasteiger partial charge in [-0.3, -0.25) is 14.5 Å². The number of halogens is 1. The maximum Gasteiger partial charge on any atom is 0.321 e. The molecule has 36 heavy (non-hydrogen) atoms. The molecule has 1 aliphatic heterocycles. The molecule has 1 amide bonds. The van der Waals surface area contributed by atoms with E-state index in [1.807, 2.05) is 34.6 Å². The second kappa shape index (κ2) is 12.5. The van der Waals surface area contributed by atoms with E-state index < -0.39 is 0 Å². The Morgan fingerprint density at radius 3 is 2.72 bits per heavy atom. The average molecular weight is 544 g/mol. The van der Waals surface area contributed by atoms with Gasteiger partial charge in [0.2, 0.25) is 0 Å². The number of aryl methyl sites for hydroxylation is 1. The van der Waals surface area contributed by atoms with Gasteiger partial charge in [-0.15, -0.1) is 11.3 Å². The Morgan fingerprint density at radius 1 is 1.25 bits per heavy atom. The van der Waals surface area contributed by atoms with Gasteiger partial charge in [0.25, 0.3) is 5.91 Å². The SMILES string of the molecule is CCn1cc(C(=O)NCc2ccc(Cl)cc2)c(=S)c2cc(C#CCOC(=O)CN3CCOCC3)sc21. The summed E-state index contributed by atoms with van der Waals surface area (Å²) in [6.45, 7) is 6.04. The first-order chi connectivity index (χ1) is 17.4. The molecule has 0 unspecified atom stereocenters. The van der Waals surface area contributed by atoms with Crippen molar-refractivity contribution in [2.75, 3.05) is 39.5 Å². The number of fused-ring (bicyclic) bond motifs is 1. The van der Waals surface area contributed by atoms with Crippen LogP contribution in [-0.4, -0.2) is 60.8 Å². The summed E-state index contributed by atoms with van der Waals surface area (Å²) in [5, 5.41) is 4.39. The lowest BCUT2D eigenvalue weighted by molar-refractivity contribution is -0.144. The first-order valence-corrected chi connectivity index (χ1v) is 13.2. The highest BCUT2D eigenvalue weighted by atomic mass is 35.5. The number of aromatic nitrogens is 1. The molecule has 188 valence electrons. The van der Waals surface area contributed by atoms with E-state index in [2.05, 4.69) is 17.2 Å². The third kappa shape index (κ3) is 6.72. The fraction of sp³-hybridized carbons (Fsp3) is 0.346. The molecule has 7 nitrogen and oxygen atoms in total. The minimum Gasteiger partial charge on any atom is -0.452 e. The van der Waals surface area contributed by atoms with Crippen LogP contribution in [-0.2, 0) is 27.4 Å².